The summed E-state index contributed by atoms with van der Waals surface area (Å²) in [6.45, 7) is 0. The molecule has 1 saturated carbocycles. The summed E-state index contributed by atoms with van der Waals surface area (Å²) in [4.78, 5) is 14.2. The number of benzene rings is 1. The van der Waals surface area contributed by atoms with Gasteiger partial charge >= 0.3 is 0 Å². The van der Waals surface area contributed by atoms with E-state index in [-0.39, 0.29) is 5.91 Å². The molecule has 1 aliphatic rings. The van der Waals surface area contributed by atoms with Gasteiger partial charge in [0.05, 0.1) is 10.0 Å². The molecular weight excluding hydrogens is 280 g/mol. The quantitative estimate of drug-likeness (QED) is 0.853. The lowest BCUT2D eigenvalue weighted by atomic mass is 10.1. The average molecular weight is 297 g/mol. The number of nitrogens with two attached hydrogens (primary N) is 1. The maximum absolute atomic E-state index is 12.3. The maximum Gasteiger partial charge on any atom is 0.255 e. The third-order valence-corrected chi connectivity index (χ3v) is 4.34. The highest BCUT2D eigenvalue weighted by atomic mass is 79.9. The number of halogens is 1. The van der Waals surface area contributed by atoms with E-state index in [9.17, 15) is 4.79 Å². The zero-order valence-electron chi connectivity index (χ0n) is 9.95. The van der Waals surface area contributed by atoms with E-state index in [1.807, 2.05) is 24.1 Å². The molecule has 0 aliphatic heterocycles. The highest BCUT2D eigenvalue weighted by Gasteiger charge is 2.25. The van der Waals surface area contributed by atoms with E-state index in [4.69, 9.17) is 5.73 Å². The minimum absolute atomic E-state index is 0.0519. The van der Waals surface area contributed by atoms with Crippen molar-refractivity contribution < 1.29 is 4.79 Å². The lowest BCUT2D eigenvalue weighted by molar-refractivity contribution is 0.0734. The number of nitrogen functional groups attached to an aromatic ring is 1. The molecule has 0 saturated heterocycles. The van der Waals surface area contributed by atoms with Crippen molar-refractivity contribution in [2.45, 2.75) is 31.7 Å². The van der Waals surface area contributed by atoms with Crippen LogP contribution in [0.1, 0.15) is 36.0 Å². The molecule has 3 nitrogen and oxygen atoms in total. The van der Waals surface area contributed by atoms with Crippen LogP contribution in [0, 0.1) is 0 Å². The standard InChI is InChI=1S/C13H17BrN2O/c1-16(9-5-2-3-6-9)13(17)10-7-4-8-11(15)12(10)14/h4,7-9H,2-3,5-6,15H2,1H3. The Morgan fingerprint density at radius 2 is 2.06 bits per heavy atom. The molecule has 0 atom stereocenters. The van der Waals surface area contributed by atoms with E-state index in [1.165, 1.54) is 12.8 Å². The highest BCUT2D eigenvalue weighted by molar-refractivity contribution is 9.10. The third kappa shape index (κ3) is 2.46. The van der Waals surface area contributed by atoms with E-state index in [0.717, 1.165) is 12.8 Å². The van der Waals surface area contributed by atoms with Crippen molar-refractivity contribution in [2.75, 3.05) is 12.8 Å². The van der Waals surface area contributed by atoms with Crippen LogP contribution in [0.25, 0.3) is 0 Å². The van der Waals surface area contributed by atoms with Gasteiger partial charge < -0.3 is 10.6 Å². The van der Waals surface area contributed by atoms with Crippen LogP contribution in [0.4, 0.5) is 5.69 Å². The molecule has 0 radical (unpaired) electrons. The molecule has 2 N–H and O–H groups in total. The molecule has 0 unspecified atom stereocenters. The van der Waals surface area contributed by atoms with E-state index in [1.54, 1.807) is 6.07 Å². The number of nitrogens with zero attached hydrogens (tertiary/aromatic N) is 1. The summed E-state index contributed by atoms with van der Waals surface area (Å²) in [6, 6.07) is 5.80. The van der Waals surface area contributed by atoms with E-state index < -0.39 is 0 Å². The van der Waals surface area contributed by atoms with Gasteiger partial charge in [0.1, 0.15) is 0 Å². The molecule has 0 heterocycles. The molecule has 1 amide bonds. The van der Waals surface area contributed by atoms with Crippen LogP contribution in [-0.2, 0) is 0 Å². The largest absolute Gasteiger partial charge is 0.398 e. The molecule has 1 fully saturated rings. The number of hydrogen-bond donors (Lipinski definition) is 1. The molecule has 0 bridgehead atoms. The zero-order chi connectivity index (χ0) is 12.4. The Hall–Kier alpha value is -1.03. The fourth-order valence-corrected chi connectivity index (χ4v) is 2.80. The van der Waals surface area contributed by atoms with Crippen molar-refractivity contribution in [3.05, 3.63) is 28.2 Å². The molecule has 1 aromatic carbocycles. The molecule has 4 heteroatoms. The summed E-state index contributed by atoms with van der Waals surface area (Å²) in [5.41, 5.74) is 7.05. The number of anilines is 1. The Morgan fingerprint density at radius 3 is 2.71 bits per heavy atom. The van der Waals surface area contributed by atoms with Gasteiger partial charge in [0.15, 0.2) is 0 Å². The van der Waals surface area contributed by atoms with E-state index in [2.05, 4.69) is 15.9 Å². The zero-order valence-corrected chi connectivity index (χ0v) is 11.5. The minimum atomic E-state index is 0.0519. The summed E-state index contributed by atoms with van der Waals surface area (Å²) in [7, 11) is 1.88. The number of amides is 1. The molecule has 1 aliphatic carbocycles. The number of rotatable bonds is 2. The molecule has 0 aromatic heterocycles. The van der Waals surface area contributed by atoms with Crippen molar-refractivity contribution in [1.29, 1.82) is 0 Å². The van der Waals surface area contributed by atoms with Crippen LogP contribution in [0.3, 0.4) is 0 Å². The second kappa shape index (κ2) is 5.08. The summed E-state index contributed by atoms with van der Waals surface area (Å²) in [5, 5.41) is 0. The van der Waals surface area contributed by atoms with Crippen molar-refractivity contribution in [1.82, 2.24) is 4.90 Å². The van der Waals surface area contributed by atoms with Crippen molar-refractivity contribution in [3.8, 4) is 0 Å². The molecule has 1 aromatic rings. The summed E-state index contributed by atoms with van der Waals surface area (Å²) >= 11 is 3.39. The Labute approximate surface area is 110 Å². The summed E-state index contributed by atoms with van der Waals surface area (Å²) in [6.07, 6.45) is 4.67. The molecule has 0 spiro atoms. The first-order chi connectivity index (χ1) is 8.11. The van der Waals surface area contributed by atoms with Gasteiger partial charge in [-0.15, -0.1) is 0 Å². The monoisotopic (exact) mass is 296 g/mol. The van der Waals surface area contributed by atoms with Crippen LogP contribution in [0.5, 0.6) is 0 Å². The van der Waals surface area contributed by atoms with Gasteiger partial charge in [-0.2, -0.15) is 0 Å². The van der Waals surface area contributed by atoms with Crippen LogP contribution in [0.2, 0.25) is 0 Å². The molecule has 17 heavy (non-hydrogen) atoms. The minimum Gasteiger partial charge on any atom is -0.398 e. The van der Waals surface area contributed by atoms with Crippen molar-refractivity contribution in [2.24, 2.45) is 0 Å². The second-order valence-corrected chi connectivity index (χ2v) is 5.36. The van der Waals surface area contributed by atoms with Gasteiger partial charge in [-0.3, -0.25) is 4.79 Å². The Balaban J connectivity index is 2.21. The third-order valence-electron chi connectivity index (χ3n) is 3.45. The predicted octanol–water partition coefficient (Wildman–Crippen LogP) is 3.05. The lowest BCUT2D eigenvalue weighted by Gasteiger charge is -2.25. The van der Waals surface area contributed by atoms with Gasteiger partial charge in [0.25, 0.3) is 5.91 Å². The van der Waals surface area contributed by atoms with Gasteiger partial charge in [0.2, 0.25) is 0 Å². The fraction of sp³-hybridized carbons (Fsp3) is 0.462. The predicted molar refractivity (Wildman–Crippen MR) is 72.9 cm³/mol. The molecular formula is C13H17BrN2O. The van der Waals surface area contributed by atoms with Crippen molar-refractivity contribution >= 4 is 27.5 Å². The molecule has 2 rings (SSSR count). The van der Waals surface area contributed by atoms with E-state index >= 15 is 0 Å². The average Bonchev–Trinajstić information content (AvgIpc) is 2.84. The first kappa shape index (κ1) is 12.4. The first-order valence-electron chi connectivity index (χ1n) is 5.92. The van der Waals surface area contributed by atoms with Crippen LogP contribution in [0.15, 0.2) is 22.7 Å². The maximum atomic E-state index is 12.3. The van der Waals surface area contributed by atoms with Crippen LogP contribution in [-0.4, -0.2) is 23.9 Å². The van der Waals surface area contributed by atoms with Gasteiger partial charge in [-0.25, -0.2) is 0 Å². The van der Waals surface area contributed by atoms with Crippen LogP contribution < -0.4 is 5.73 Å². The van der Waals surface area contributed by atoms with E-state index in [0.29, 0.717) is 21.8 Å². The number of hydrogen-bond acceptors (Lipinski definition) is 2. The smallest absolute Gasteiger partial charge is 0.255 e. The molecule has 92 valence electrons. The number of carbonyl (C=O) groups excluding carboxylic acids is 1. The lowest BCUT2D eigenvalue weighted by Crippen LogP contribution is -2.35. The van der Waals surface area contributed by atoms with Crippen LogP contribution >= 0.6 is 15.9 Å². The SMILES string of the molecule is CN(C(=O)c1cccc(N)c1Br)C1CCCC1. The highest BCUT2D eigenvalue weighted by Crippen LogP contribution is 2.28. The summed E-state index contributed by atoms with van der Waals surface area (Å²) in [5.74, 6) is 0.0519. The fourth-order valence-electron chi connectivity index (χ4n) is 2.36. The van der Waals surface area contributed by atoms with Crippen molar-refractivity contribution in [3.63, 3.8) is 0 Å². The second-order valence-electron chi connectivity index (χ2n) is 4.56. The number of carbonyl (C=O) groups is 1. The first-order valence-corrected chi connectivity index (χ1v) is 6.71. The Morgan fingerprint density at radius 1 is 1.41 bits per heavy atom. The van der Waals surface area contributed by atoms with Gasteiger partial charge in [-0.1, -0.05) is 18.9 Å². The Kier molecular flexibility index (Phi) is 3.72. The summed E-state index contributed by atoms with van der Waals surface area (Å²) < 4.78 is 0.704. The van der Waals surface area contributed by atoms with Gasteiger partial charge in [0, 0.05) is 18.8 Å². The topological polar surface area (TPSA) is 46.3 Å². The van der Waals surface area contributed by atoms with Gasteiger partial charge in [-0.05, 0) is 40.9 Å². The normalized spacial score (nSPS) is 16.1. The Bertz CT molecular complexity index is 427.